The summed E-state index contributed by atoms with van der Waals surface area (Å²) in [6.45, 7) is 0. The summed E-state index contributed by atoms with van der Waals surface area (Å²) < 4.78 is 15.4. The lowest BCUT2D eigenvalue weighted by Gasteiger charge is -2.07. The van der Waals surface area contributed by atoms with Gasteiger partial charge in [0.15, 0.2) is 0 Å². The molecule has 1 aliphatic carbocycles. The molecule has 0 spiro atoms. The molecule has 0 fully saturated rings. The number of nitrogens with one attached hydrogen (secondary N) is 1. The van der Waals surface area contributed by atoms with Crippen molar-refractivity contribution in [1.82, 2.24) is 0 Å². The fourth-order valence-electron chi connectivity index (χ4n) is 3.09. The molecule has 6 nitrogen and oxygen atoms in total. The van der Waals surface area contributed by atoms with E-state index in [0.29, 0.717) is 22.1 Å². The molecule has 1 aromatic carbocycles. The van der Waals surface area contributed by atoms with E-state index < -0.39 is 5.97 Å². The van der Waals surface area contributed by atoms with Gasteiger partial charge in [-0.25, -0.2) is 4.79 Å². The molecule has 2 aromatic rings. The molecule has 0 saturated carbocycles. The number of hydrogen-bond acceptors (Lipinski definition) is 6. The maximum absolute atomic E-state index is 12.4. The average molecular weight is 387 g/mol. The molecule has 3 rings (SSSR count). The molecule has 0 atom stereocenters. The summed E-state index contributed by atoms with van der Waals surface area (Å²) in [5, 5.41) is 3.36. The van der Waals surface area contributed by atoms with Crippen molar-refractivity contribution in [1.29, 1.82) is 0 Å². The van der Waals surface area contributed by atoms with Crippen LogP contribution < -0.4 is 14.8 Å². The number of benzene rings is 1. The summed E-state index contributed by atoms with van der Waals surface area (Å²) in [6, 6.07) is 5.34. The first-order valence-electron chi connectivity index (χ1n) is 8.51. The van der Waals surface area contributed by atoms with Crippen molar-refractivity contribution in [2.75, 3.05) is 26.6 Å². The van der Waals surface area contributed by atoms with E-state index in [1.807, 2.05) is 0 Å². The van der Waals surface area contributed by atoms with E-state index in [1.165, 1.54) is 24.5 Å². The molecule has 1 heterocycles. The summed E-state index contributed by atoms with van der Waals surface area (Å²) >= 11 is 1.45. The number of fused-ring (bicyclic) bond motifs is 1. The highest BCUT2D eigenvalue weighted by Gasteiger charge is 2.27. The van der Waals surface area contributed by atoms with Gasteiger partial charge in [-0.2, -0.15) is 0 Å². The summed E-state index contributed by atoms with van der Waals surface area (Å²) in [7, 11) is 4.49. The third kappa shape index (κ3) is 3.98. The summed E-state index contributed by atoms with van der Waals surface area (Å²) in [5.74, 6) is 0.538. The van der Waals surface area contributed by atoms with Crippen molar-refractivity contribution in [3.8, 4) is 11.5 Å². The zero-order valence-electron chi connectivity index (χ0n) is 15.5. The molecular weight excluding hydrogens is 366 g/mol. The predicted molar refractivity (Wildman–Crippen MR) is 105 cm³/mol. The van der Waals surface area contributed by atoms with E-state index in [1.54, 1.807) is 38.5 Å². The van der Waals surface area contributed by atoms with Gasteiger partial charge < -0.3 is 19.5 Å². The Morgan fingerprint density at radius 1 is 1.15 bits per heavy atom. The van der Waals surface area contributed by atoms with Crippen molar-refractivity contribution in [2.45, 2.75) is 19.3 Å². The number of rotatable bonds is 6. The first kappa shape index (κ1) is 19.0. The molecule has 1 N–H and O–H groups in total. The molecule has 0 aliphatic heterocycles. The molecule has 0 saturated heterocycles. The van der Waals surface area contributed by atoms with Gasteiger partial charge in [0.2, 0.25) is 5.91 Å². The van der Waals surface area contributed by atoms with Gasteiger partial charge in [0, 0.05) is 22.6 Å². The van der Waals surface area contributed by atoms with Crippen LogP contribution in [0, 0.1) is 0 Å². The SMILES string of the molecule is COC(=O)c1c(NC(=O)/C=C/c2ccc(OC)cc2OC)sc2c1CCC2. The van der Waals surface area contributed by atoms with Crippen LogP contribution in [0.5, 0.6) is 11.5 Å². The highest BCUT2D eigenvalue weighted by molar-refractivity contribution is 7.17. The Morgan fingerprint density at radius 2 is 1.96 bits per heavy atom. The minimum atomic E-state index is -0.412. The van der Waals surface area contributed by atoms with Crippen molar-refractivity contribution in [3.05, 3.63) is 45.8 Å². The lowest BCUT2D eigenvalue weighted by atomic mass is 10.1. The molecule has 0 radical (unpaired) electrons. The Balaban J connectivity index is 1.79. The zero-order valence-corrected chi connectivity index (χ0v) is 16.3. The van der Waals surface area contributed by atoms with Gasteiger partial charge in [-0.05, 0) is 43.0 Å². The molecule has 0 unspecified atom stereocenters. The van der Waals surface area contributed by atoms with Crippen LogP contribution in [-0.4, -0.2) is 33.2 Å². The van der Waals surface area contributed by atoms with Gasteiger partial charge in [-0.15, -0.1) is 11.3 Å². The Hall–Kier alpha value is -2.80. The maximum atomic E-state index is 12.4. The topological polar surface area (TPSA) is 73.9 Å². The quantitative estimate of drug-likeness (QED) is 0.604. The molecule has 0 bridgehead atoms. The Morgan fingerprint density at radius 3 is 2.67 bits per heavy atom. The van der Waals surface area contributed by atoms with Crippen LogP contribution in [0.3, 0.4) is 0 Å². The highest BCUT2D eigenvalue weighted by atomic mass is 32.1. The van der Waals surface area contributed by atoms with E-state index in [-0.39, 0.29) is 5.91 Å². The average Bonchev–Trinajstić information content (AvgIpc) is 3.26. The van der Waals surface area contributed by atoms with E-state index in [4.69, 9.17) is 14.2 Å². The van der Waals surface area contributed by atoms with Crippen LogP contribution in [0.25, 0.3) is 6.08 Å². The third-order valence-corrected chi connectivity index (χ3v) is 5.61. The van der Waals surface area contributed by atoms with Gasteiger partial charge in [0.1, 0.15) is 16.5 Å². The fourth-order valence-corrected chi connectivity index (χ4v) is 4.37. The first-order valence-corrected chi connectivity index (χ1v) is 9.33. The van der Waals surface area contributed by atoms with Crippen LogP contribution in [0.15, 0.2) is 24.3 Å². The lowest BCUT2D eigenvalue weighted by molar-refractivity contribution is -0.111. The molecule has 7 heteroatoms. The van der Waals surface area contributed by atoms with Gasteiger partial charge in [-0.1, -0.05) is 0 Å². The minimum absolute atomic E-state index is 0.321. The molecular formula is C20H21NO5S. The standard InChI is InChI=1S/C20H21NO5S/c1-24-13-9-7-12(15(11-13)25-2)8-10-17(22)21-19-18(20(23)26-3)14-5-4-6-16(14)27-19/h7-11H,4-6H2,1-3H3,(H,21,22)/b10-8+. The number of aryl methyl sites for hydroxylation is 1. The molecule has 1 aliphatic rings. The summed E-state index contributed by atoms with van der Waals surface area (Å²) in [5.41, 5.74) is 2.23. The van der Waals surface area contributed by atoms with Crippen LogP contribution >= 0.6 is 11.3 Å². The van der Waals surface area contributed by atoms with E-state index in [2.05, 4.69) is 5.32 Å². The van der Waals surface area contributed by atoms with Gasteiger partial charge >= 0.3 is 5.97 Å². The summed E-state index contributed by atoms with van der Waals surface area (Å²) in [6.07, 6.45) is 5.86. The highest BCUT2D eigenvalue weighted by Crippen LogP contribution is 2.39. The third-order valence-electron chi connectivity index (χ3n) is 4.40. The van der Waals surface area contributed by atoms with Gasteiger partial charge in [-0.3, -0.25) is 4.79 Å². The second kappa shape index (κ2) is 8.26. The van der Waals surface area contributed by atoms with Crippen molar-refractivity contribution >= 4 is 34.3 Å². The van der Waals surface area contributed by atoms with Crippen molar-refractivity contribution in [2.24, 2.45) is 0 Å². The van der Waals surface area contributed by atoms with Crippen LogP contribution in [-0.2, 0) is 22.4 Å². The zero-order chi connectivity index (χ0) is 19.4. The van der Waals surface area contributed by atoms with E-state index in [0.717, 1.165) is 35.3 Å². The minimum Gasteiger partial charge on any atom is -0.497 e. The Labute approximate surface area is 161 Å². The number of thiophene rings is 1. The van der Waals surface area contributed by atoms with E-state index in [9.17, 15) is 9.59 Å². The number of carbonyl (C=O) groups is 2. The van der Waals surface area contributed by atoms with Crippen molar-refractivity contribution < 1.29 is 23.8 Å². The smallest absolute Gasteiger partial charge is 0.341 e. The predicted octanol–water partition coefficient (Wildman–Crippen LogP) is 3.69. The Kier molecular flexibility index (Phi) is 5.81. The number of methoxy groups -OCH3 is 3. The lowest BCUT2D eigenvalue weighted by Crippen LogP contribution is -2.12. The number of amides is 1. The van der Waals surface area contributed by atoms with Gasteiger partial charge in [0.25, 0.3) is 0 Å². The number of carbonyl (C=O) groups excluding carboxylic acids is 2. The number of hydrogen-bond donors (Lipinski definition) is 1. The molecule has 1 amide bonds. The van der Waals surface area contributed by atoms with Gasteiger partial charge in [0.05, 0.1) is 26.9 Å². The Bertz CT molecular complexity index is 900. The second-order valence-electron chi connectivity index (χ2n) is 5.98. The largest absolute Gasteiger partial charge is 0.497 e. The summed E-state index contributed by atoms with van der Waals surface area (Å²) in [4.78, 5) is 25.7. The van der Waals surface area contributed by atoms with Crippen LogP contribution in [0.2, 0.25) is 0 Å². The molecule has 27 heavy (non-hydrogen) atoms. The van der Waals surface area contributed by atoms with E-state index >= 15 is 0 Å². The monoisotopic (exact) mass is 387 g/mol. The van der Waals surface area contributed by atoms with Crippen molar-refractivity contribution in [3.63, 3.8) is 0 Å². The fraction of sp³-hybridized carbons (Fsp3) is 0.300. The molecule has 142 valence electrons. The normalized spacial score (nSPS) is 12.7. The number of esters is 1. The van der Waals surface area contributed by atoms with Crippen LogP contribution in [0.4, 0.5) is 5.00 Å². The van der Waals surface area contributed by atoms with Crippen LogP contribution in [0.1, 0.15) is 32.8 Å². The number of anilines is 1. The maximum Gasteiger partial charge on any atom is 0.341 e. The molecule has 1 aromatic heterocycles. The number of ether oxygens (including phenoxy) is 3. The first-order chi connectivity index (χ1) is 13.1. The second-order valence-corrected chi connectivity index (χ2v) is 7.09.